The Kier molecular flexibility index (Phi) is 3.95. The first-order valence-corrected chi connectivity index (χ1v) is 8.17. The second kappa shape index (κ2) is 6.29. The zero-order valence-corrected chi connectivity index (χ0v) is 13.7. The molecule has 1 fully saturated rings. The van der Waals surface area contributed by atoms with Gasteiger partial charge in [-0.2, -0.15) is 5.10 Å². The van der Waals surface area contributed by atoms with Crippen LogP contribution in [0.2, 0.25) is 0 Å². The quantitative estimate of drug-likeness (QED) is 0.781. The number of carbonyl (C=O) groups is 1. The first-order chi connectivity index (χ1) is 12.6. The van der Waals surface area contributed by atoms with Crippen molar-refractivity contribution in [3.8, 4) is 5.69 Å². The van der Waals surface area contributed by atoms with Crippen LogP contribution in [-0.4, -0.2) is 25.7 Å². The predicted molar refractivity (Wildman–Crippen MR) is 89.7 cm³/mol. The van der Waals surface area contributed by atoms with E-state index in [4.69, 9.17) is 0 Å². The zero-order chi connectivity index (χ0) is 18.1. The number of hydrogen-bond acceptors (Lipinski definition) is 4. The summed E-state index contributed by atoms with van der Waals surface area (Å²) in [6.45, 7) is 0. The fourth-order valence-corrected chi connectivity index (χ4v) is 3.14. The van der Waals surface area contributed by atoms with Gasteiger partial charge in [0.2, 0.25) is 5.91 Å². The molecule has 0 atom stereocenters. The van der Waals surface area contributed by atoms with Gasteiger partial charge in [-0.15, -0.1) is 0 Å². The summed E-state index contributed by atoms with van der Waals surface area (Å²) in [5.41, 5.74) is -0.382. The van der Waals surface area contributed by atoms with Gasteiger partial charge in [-0.1, -0.05) is 6.42 Å². The molecule has 8 heteroatoms. The monoisotopic (exact) mass is 355 g/mol. The third-order valence-corrected chi connectivity index (χ3v) is 4.64. The molecular weight excluding hydrogens is 340 g/mol. The molecule has 3 aromatic rings. The highest BCUT2D eigenvalue weighted by Gasteiger charge is 2.48. The van der Waals surface area contributed by atoms with Crippen molar-refractivity contribution in [3.63, 3.8) is 0 Å². The molecule has 0 unspecified atom stereocenters. The number of pyridine rings is 2. The standard InChI is InChI=1S/C18H15F2N5O/c19-12-9-13(11-21-10-12)25-8-4-15(24-25)23-17(26)18(5-2-6-18)16-14(20)3-1-7-22-16/h1,3-4,7-11H,2,5-6H2,(H,23,24,26). The number of hydrogen-bond donors (Lipinski definition) is 1. The minimum Gasteiger partial charge on any atom is -0.308 e. The molecule has 1 N–H and O–H groups in total. The minimum absolute atomic E-state index is 0.164. The Bertz CT molecular complexity index is 967. The highest BCUT2D eigenvalue weighted by Crippen LogP contribution is 2.44. The third-order valence-electron chi connectivity index (χ3n) is 4.64. The van der Waals surface area contributed by atoms with Crippen LogP contribution in [0.3, 0.4) is 0 Å². The number of nitrogens with one attached hydrogen (secondary N) is 1. The summed E-state index contributed by atoms with van der Waals surface area (Å²) in [5.74, 6) is -1.02. The summed E-state index contributed by atoms with van der Waals surface area (Å²) >= 11 is 0. The van der Waals surface area contributed by atoms with E-state index < -0.39 is 17.0 Å². The molecule has 3 heterocycles. The number of carbonyl (C=O) groups excluding carboxylic acids is 1. The Hall–Kier alpha value is -3.16. The minimum atomic E-state index is -0.977. The zero-order valence-electron chi connectivity index (χ0n) is 13.7. The number of rotatable bonds is 4. The van der Waals surface area contributed by atoms with Gasteiger partial charge in [-0.25, -0.2) is 13.5 Å². The molecule has 26 heavy (non-hydrogen) atoms. The normalized spacial score (nSPS) is 15.3. The van der Waals surface area contributed by atoms with E-state index in [9.17, 15) is 13.6 Å². The maximum Gasteiger partial charge on any atom is 0.237 e. The topological polar surface area (TPSA) is 72.7 Å². The number of aromatic nitrogens is 4. The van der Waals surface area contributed by atoms with E-state index in [0.29, 0.717) is 24.3 Å². The Labute approximate surface area is 147 Å². The smallest absolute Gasteiger partial charge is 0.237 e. The van der Waals surface area contributed by atoms with E-state index in [1.165, 1.54) is 35.3 Å². The number of halogens is 2. The summed E-state index contributed by atoms with van der Waals surface area (Å²) in [4.78, 5) is 20.7. The van der Waals surface area contributed by atoms with Crippen molar-refractivity contribution in [2.24, 2.45) is 0 Å². The van der Waals surface area contributed by atoms with Crippen LogP contribution in [0.15, 0.2) is 49.1 Å². The Morgan fingerprint density at radius 3 is 2.77 bits per heavy atom. The second-order valence-electron chi connectivity index (χ2n) is 6.23. The first kappa shape index (κ1) is 16.3. The van der Waals surface area contributed by atoms with Gasteiger partial charge >= 0.3 is 0 Å². The Morgan fingerprint density at radius 2 is 2.08 bits per heavy atom. The van der Waals surface area contributed by atoms with Gasteiger partial charge in [0.1, 0.15) is 11.6 Å². The highest BCUT2D eigenvalue weighted by molar-refractivity contribution is 5.99. The summed E-state index contributed by atoms with van der Waals surface area (Å²) in [7, 11) is 0. The highest BCUT2D eigenvalue weighted by atomic mass is 19.1. The number of amides is 1. The molecule has 1 amide bonds. The van der Waals surface area contributed by atoms with Gasteiger partial charge in [-0.3, -0.25) is 14.8 Å². The lowest BCUT2D eigenvalue weighted by Crippen LogP contribution is -2.47. The molecule has 0 aromatic carbocycles. The van der Waals surface area contributed by atoms with Crippen molar-refractivity contribution in [2.45, 2.75) is 24.7 Å². The van der Waals surface area contributed by atoms with Crippen LogP contribution in [-0.2, 0) is 10.2 Å². The Morgan fingerprint density at radius 1 is 1.23 bits per heavy atom. The van der Waals surface area contributed by atoms with Crippen molar-refractivity contribution in [2.75, 3.05) is 5.32 Å². The molecule has 0 bridgehead atoms. The molecule has 0 radical (unpaired) electrons. The van der Waals surface area contributed by atoms with Crippen LogP contribution in [0, 0.1) is 11.6 Å². The maximum absolute atomic E-state index is 14.2. The molecule has 0 saturated heterocycles. The van der Waals surface area contributed by atoms with Crippen molar-refractivity contribution in [1.82, 2.24) is 19.7 Å². The average Bonchev–Trinajstić information content (AvgIpc) is 3.04. The molecule has 0 aliphatic heterocycles. The molecule has 0 spiro atoms. The van der Waals surface area contributed by atoms with E-state index in [1.54, 1.807) is 12.3 Å². The lowest BCUT2D eigenvalue weighted by atomic mass is 9.65. The first-order valence-electron chi connectivity index (χ1n) is 8.17. The maximum atomic E-state index is 14.2. The van der Waals surface area contributed by atoms with Crippen molar-refractivity contribution in [3.05, 3.63) is 66.4 Å². The van der Waals surface area contributed by atoms with E-state index in [-0.39, 0.29) is 11.6 Å². The summed E-state index contributed by atoms with van der Waals surface area (Å²) < 4.78 is 28.9. The largest absolute Gasteiger partial charge is 0.308 e. The third kappa shape index (κ3) is 2.73. The van der Waals surface area contributed by atoms with Crippen molar-refractivity contribution >= 4 is 11.7 Å². The van der Waals surface area contributed by atoms with Crippen LogP contribution in [0.25, 0.3) is 5.69 Å². The SMILES string of the molecule is O=C(Nc1ccn(-c2cncc(F)c2)n1)C1(c2ncccc2F)CCC1. The average molecular weight is 355 g/mol. The van der Waals surface area contributed by atoms with Gasteiger partial charge in [0, 0.05) is 24.5 Å². The molecule has 6 nitrogen and oxygen atoms in total. The van der Waals surface area contributed by atoms with Gasteiger partial charge in [0.05, 0.1) is 29.2 Å². The molecule has 3 aromatic heterocycles. The van der Waals surface area contributed by atoms with Gasteiger partial charge in [-0.05, 0) is 25.0 Å². The fraction of sp³-hybridized carbons (Fsp3) is 0.222. The van der Waals surface area contributed by atoms with Gasteiger partial charge < -0.3 is 5.32 Å². The summed E-state index contributed by atoms with van der Waals surface area (Å²) in [6, 6.07) is 5.67. The van der Waals surface area contributed by atoms with E-state index in [0.717, 1.165) is 12.6 Å². The molecule has 1 aliphatic rings. The van der Waals surface area contributed by atoms with Crippen LogP contribution in [0.4, 0.5) is 14.6 Å². The van der Waals surface area contributed by atoms with E-state index in [2.05, 4.69) is 20.4 Å². The molecular formula is C18H15F2N5O. The molecule has 1 aliphatic carbocycles. The van der Waals surface area contributed by atoms with Crippen LogP contribution < -0.4 is 5.32 Å². The number of anilines is 1. The van der Waals surface area contributed by atoms with Gasteiger partial charge in [0.15, 0.2) is 5.82 Å². The fourth-order valence-electron chi connectivity index (χ4n) is 3.14. The van der Waals surface area contributed by atoms with Crippen LogP contribution in [0.1, 0.15) is 25.0 Å². The second-order valence-corrected chi connectivity index (χ2v) is 6.23. The lowest BCUT2D eigenvalue weighted by molar-refractivity contribution is -0.124. The van der Waals surface area contributed by atoms with Crippen LogP contribution >= 0.6 is 0 Å². The van der Waals surface area contributed by atoms with Crippen molar-refractivity contribution < 1.29 is 13.6 Å². The molecule has 1 saturated carbocycles. The van der Waals surface area contributed by atoms with E-state index in [1.807, 2.05) is 0 Å². The number of nitrogens with zero attached hydrogens (tertiary/aromatic N) is 4. The molecule has 4 rings (SSSR count). The molecule has 132 valence electrons. The van der Waals surface area contributed by atoms with Crippen molar-refractivity contribution in [1.29, 1.82) is 0 Å². The summed E-state index contributed by atoms with van der Waals surface area (Å²) in [6.07, 6.45) is 7.50. The van der Waals surface area contributed by atoms with Crippen LogP contribution in [0.5, 0.6) is 0 Å². The lowest BCUT2D eigenvalue weighted by Gasteiger charge is -2.39. The van der Waals surface area contributed by atoms with E-state index >= 15 is 0 Å². The Balaban J connectivity index is 1.58. The van der Waals surface area contributed by atoms with Gasteiger partial charge in [0.25, 0.3) is 0 Å². The summed E-state index contributed by atoms with van der Waals surface area (Å²) in [5, 5.41) is 6.94. The predicted octanol–water partition coefficient (Wildman–Crippen LogP) is 3.00.